The number of thiophene rings is 1. The van der Waals surface area contributed by atoms with E-state index >= 15 is 0 Å². The molecule has 0 bridgehead atoms. The second kappa shape index (κ2) is 13.5. The number of benzene rings is 2. The van der Waals surface area contributed by atoms with Gasteiger partial charge < -0.3 is 19.5 Å². The maximum atomic E-state index is 13.2. The molecule has 0 saturated carbocycles. The molecule has 4 rings (SSSR count). The van der Waals surface area contributed by atoms with Gasteiger partial charge in [0, 0.05) is 30.1 Å². The molecule has 3 aromatic rings. The van der Waals surface area contributed by atoms with E-state index in [0.29, 0.717) is 47.4 Å². The lowest BCUT2D eigenvalue weighted by Crippen LogP contribution is -2.29. The van der Waals surface area contributed by atoms with Gasteiger partial charge in [-0.3, -0.25) is 9.69 Å². The van der Waals surface area contributed by atoms with Crippen LogP contribution in [-0.2, 0) is 24.2 Å². The highest BCUT2D eigenvalue weighted by Crippen LogP contribution is 2.38. The van der Waals surface area contributed by atoms with E-state index in [-0.39, 0.29) is 24.9 Å². The molecule has 1 aliphatic rings. The fourth-order valence-electron chi connectivity index (χ4n) is 4.31. The van der Waals surface area contributed by atoms with Gasteiger partial charge in [0.25, 0.3) is 5.91 Å². The van der Waals surface area contributed by atoms with Gasteiger partial charge in [-0.05, 0) is 56.5 Å². The van der Waals surface area contributed by atoms with Crippen molar-refractivity contribution in [3.05, 3.63) is 75.7 Å². The van der Waals surface area contributed by atoms with Gasteiger partial charge in [0.2, 0.25) is 0 Å². The highest BCUT2D eigenvalue weighted by atomic mass is 35.5. The van der Waals surface area contributed by atoms with E-state index in [1.165, 1.54) is 16.9 Å². The number of carbonyl (C=O) groups excluding carboxylic acids is 2. The Bertz CT molecular complexity index is 1210. The zero-order valence-electron chi connectivity index (χ0n) is 21.4. The fraction of sp³-hybridized carbons (Fsp3) is 0.357. The number of anilines is 1. The number of nitrogens with zero attached hydrogens (tertiary/aromatic N) is 1. The van der Waals surface area contributed by atoms with Gasteiger partial charge in [-0.2, -0.15) is 0 Å². The fourth-order valence-corrected chi connectivity index (χ4v) is 5.58. The SMILES string of the molecule is CCOC(=O)c1c(NC(=O)c2ccc(OCC)c(OCC)c2)sc2c1CCN(Cc1ccccc1)C2.Cl. The zero-order valence-corrected chi connectivity index (χ0v) is 23.0. The van der Waals surface area contributed by atoms with Crippen LogP contribution in [0.15, 0.2) is 48.5 Å². The number of hydrogen-bond donors (Lipinski definition) is 1. The Morgan fingerprint density at radius 1 is 0.973 bits per heavy atom. The van der Waals surface area contributed by atoms with Crippen LogP contribution in [0.2, 0.25) is 0 Å². The van der Waals surface area contributed by atoms with Crippen LogP contribution in [0.25, 0.3) is 0 Å². The number of fused-ring (bicyclic) bond motifs is 1. The van der Waals surface area contributed by atoms with Crippen molar-refractivity contribution < 1.29 is 23.8 Å². The molecule has 1 amide bonds. The van der Waals surface area contributed by atoms with Crippen LogP contribution in [0.1, 0.15) is 57.5 Å². The monoisotopic (exact) mass is 544 g/mol. The molecular weight excluding hydrogens is 512 g/mol. The maximum Gasteiger partial charge on any atom is 0.341 e. The number of hydrogen-bond acceptors (Lipinski definition) is 7. The molecule has 1 N–H and O–H groups in total. The molecule has 2 heterocycles. The van der Waals surface area contributed by atoms with Crippen LogP contribution in [0.3, 0.4) is 0 Å². The average molecular weight is 545 g/mol. The Morgan fingerprint density at radius 3 is 2.41 bits per heavy atom. The van der Waals surface area contributed by atoms with Crippen LogP contribution in [0.4, 0.5) is 5.00 Å². The third-order valence-corrected chi connectivity index (χ3v) is 7.03. The largest absolute Gasteiger partial charge is 0.490 e. The molecule has 9 heteroatoms. The minimum absolute atomic E-state index is 0. The Morgan fingerprint density at radius 2 is 1.70 bits per heavy atom. The van der Waals surface area contributed by atoms with E-state index in [1.807, 2.05) is 32.0 Å². The van der Waals surface area contributed by atoms with Gasteiger partial charge in [0.15, 0.2) is 11.5 Å². The van der Waals surface area contributed by atoms with Crippen molar-refractivity contribution in [3.63, 3.8) is 0 Å². The predicted octanol–water partition coefficient (Wildman–Crippen LogP) is 5.95. The van der Waals surface area contributed by atoms with E-state index < -0.39 is 5.97 Å². The summed E-state index contributed by atoms with van der Waals surface area (Å²) in [6, 6.07) is 15.4. The second-order valence-electron chi connectivity index (χ2n) is 8.36. The molecule has 0 atom stereocenters. The van der Waals surface area contributed by atoms with Crippen LogP contribution in [0, 0.1) is 0 Å². The van der Waals surface area contributed by atoms with Crippen molar-refractivity contribution in [2.24, 2.45) is 0 Å². The molecule has 2 aromatic carbocycles. The first kappa shape index (κ1) is 28.5. The molecular formula is C28H33ClN2O5S. The maximum absolute atomic E-state index is 13.2. The lowest BCUT2D eigenvalue weighted by Gasteiger charge is -2.27. The predicted molar refractivity (Wildman–Crippen MR) is 149 cm³/mol. The molecule has 0 unspecified atom stereocenters. The van der Waals surface area contributed by atoms with Crippen molar-refractivity contribution >= 4 is 40.6 Å². The second-order valence-corrected chi connectivity index (χ2v) is 9.46. The van der Waals surface area contributed by atoms with Gasteiger partial charge in [0.1, 0.15) is 5.00 Å². The van der Waals surface area contributed by atoms with E-state index in [1.54, 1.807) is 25.1 Å². The third kappa shape index (κ3) is 6.83. The van der Waals surface area contributed by atoms with Gasteiger partial charge in [-0.25, -0.2) is 4.79 Å². The van der Waals surface area contributed by atoms with Gasteiger partial charge in [0.05, 0.1) is 25.4 Å². The number of halogens is 1. The van der Waals surface area contributed by atoms with Crippen molar-refractivity contribution in [2.45, 2.75) is 40.3 Å². The third-order valence-electron chi connectivity index (χ3n) is 5.90. The number of rotatable bonds is 10. The quantitative estimate of drug-likeness (QED) is 0.318. The Hall–Kier alpha value is -3.07. The molecule has 0 aliphatic carbocycles. The van der Waals surface area contributed by atoms with E-state index in [9.17, 15) is 9.59 Å². The summed E-state index contributed by atoms with van der Waals surface area (Å²) in [7, 11) is 0. The van der Waals surface area contributed by atoms with Gasteiger partial charge >= 0.3 is 5.97 Å². The van der Waals surface area contributed by atoms with Crippen molar-refractivity contribution in [3.8, 4) is 11.5 Å². The number of esters is 1. The highest BCUT2D eigenvalue weighted by molar-refractivity contribution is 7.17. The molecule has 198 valence electrons. The lowest BCUT2D eigenvalue weighted by atomic mass is 10.0. The summed E-state index contributed by atoms with van der Waals surface area (Å²) in [6.45, 7) is 9.16. The summed E-state index contributed by atoms with van der Waals surface area (Å²) < 4.78 is 16.6. The molecule has 1 aliphatic heterocycles. The van der Waals surface area contributed by atoms with Gasteiger partial charge in [-0.1, -0.05) is 30.3 Å². The molecule has 0 spiro atoms. The Balaban J connectivity index is 0.00000380. The van der Waals surface area contributed by atoms with E-state index in [4.69, 9.17) is 14.2 Å². The molecule has 1 aromatic heterocycles. The highest BCUT2D eigenvalue weighted by Gasteiger charge is 2.30. The number of nitrogens with one attached hydrogen (secondary N) is 1. The molecule has 0 fully saturated rings. The van der Waals surface area contributed by atoms with Crippen molar-refractivity contribution in [2.75, 3.05) is 31.7 Å². The van der Waals surface area contributed by atoms with Crippen LogP contribution in [0.5, 0.6) is 11.5 Å². The first-order chi connectivity index (χ1) is 17.5. The van der Waals surface area contributed by atoms with Crippen molar-refractivity contribution in [1.82, 2.24) is 4.90 Å². The summed E-state index contributed by atoms with van der Waals surface area (Å²) in [5, 5.41) is 3.50. The summed E-state index contributed by atoms with van der Waals surface area (Å²) in [6.07, 6.45) is 0.722. The first-order valence-electron chi connectivity index (χ1n) is 12.3. The zero-order chi connectivity index (χ0) is 25.5. The van der Waals surface area contributed by atoms with E-state index in [0.717, 1.165) is 30.0 Å². The number of amides is 1. The smallest absolute Gasteiger partial charge is 0.341 e. The van der Waals surface area contributed by atoms with E-state index in [2.05, 4.69) is 22.3 Å². The molecule has 37 heavy (non-hydrogen) atoms. The Labute approximate surface area is 228 Å². The number of ether oxygens (including phenoxy) is 3. The van der Waals surface area contributed by atoms with Crippen LogP contribution < -0.4 is 14.8 Å². The standard InChI is InChI=1S/C28H32N2O5S.ClH/c1-4-33-22-13-12-20(16-23(22)34-5-2)26(31)29-27-25(28(32)35-6-3)21-14-15-30(18-24(21)36-27)17-19-10-8-7-9-11-19;/h7-13,16H,4-6,14-15,17-18H2,1-3H3,(H,29,31);1H. The molecule has 7 nitrogen and oxygen atoms in total. The molecule has 0 saturated heterocycles. The minimum Gasteiger partial charge on any atom is -0.490 e. The van der Waals surface area contributed by atoms with Gasteiger partial charge in [-0.15, -0.1) is 23.7 Å². The minimum atomic E-state index is -0.400. The number of carbonyl (C=O) groups is 2. The summed E-state index contributed by atoms with van der Waals surface area (Å²) >= 11 is 1.45. The topological polar surface area (TPSA) is 77.1 Å². The summed E-state index contributed by atoms with van der Waals surface area (Å²) in [5.74, 6) is 0.389. The first-order valence-corrected chi connectivity index (χ1v) is 13.1. The normalized spacial score (nSPS) is 12.7. The summed E-state index contributed by atoms with van der Waals surface area (Å²) in [4.78, 5) is 29.6. The van der Waals surface area contributed by atoms with Crippen LogP contribution >= 0.6 is 23.7 Å². The molecule has 0 radical (unpaired) electrons. The Kier molecular flexibility index (Phi) is 10.4. The van der Waals surface area contributed by atoms with Crippen molar-refractivity contribution in [1.29, 1.82) is 0 Å². The lowest BCUT2D eigenvalue weighted by molar-refractivity contribution is 0.0526. The average Bonchev–Trinajstić information content (AvgIpc) is 3.23. The summed E-state index contributed by atoms with van der Waals surface area (Å²) in [5.41, 5.74) is 3.12. The van der Waals surface area contributed by atoms with Crippen LogP contribution in [-0.4, -0.2) is 43.1 Å².